The van der Waals surface area contributed by atoms with Crippen LogP contribution in [0.2, 0.25) is 0 Å². The largest absolute Gasteiger partial charge is 0.508 e. The minimum atomic E-state index is 0.162. The quantitative estimate of drug-likeness (QED) is 0.107. The summed E-state index contributed by atoms with van der Waals surface area (Å²) in [6.07, 6.45) is 0. The van der Waals surface area contributed by atoms with E-state index in [1.54, 1.807) is 48.5 Å². The Balaban J connectivity index is 1.46. The first-order valence-electron chi connectivity index (χ1n) is 14.6. The van der Waals surface area contributed by atoms with Crippen molar-refractivity contribution in [1.82, 2.24) is 9.80 Å². The van der Waals surface area contributed by atoms with Gasteiger partial charge in [0.15, 0.2) is 0 Å². The van der Waals surface area contributed by atoms with Gasteiger partial charge in [0.05, 0.1) is 0 Å². The summed E-state index contributed by atoms with van der Waals surface area (Å²) in [4.78, 5) is 4.15. The first-order valence-corrected chi connectivity index (χ1v) is 14.6. The lowest BCUT2D eigenvalue weighted by molar-refractivity contribution is 0.231. The summed E-state index contributed by atoms with van der Waals surface area (Å²) in [7, 11) is 0. The molecule has 5 aromatic carbocycles. The molecule has 0 atom stereocenters. The Kier molecular flexibility index (Phi) is 9.69. The second kappa shape index (κ2) is 14.0. The zero-order valence-electron chi connectivity index (χ0n) is 24.8. The Morgan fingerprint density at radius 3 is 0.909 bits per heavy atom. The molecule has 226 valence electrons. The molecule has 7 heteroatoms. The van der Waals surface area contributed by atoms with Gasteiger partial charge in [-0.05, 0) is 31.2 Å². The van der Waals surface area contributed by atoms with Crippen molar-refractivity contribution in [3.05, 3.63) is 148 Å². The number of para-hydroxylation sites is 4. The minimum absolute atomic E-state index is 0.162. The highest BCUT2D eigenvalue weighted by atomic mass is 16.3. The molecule has 0 radical (unpaired) electrons. The lowest BCUT2D eigenvalue weighted by Crippen LogP contribution is -2.24. The molecule has 0 aliphatic heterocycles. The van der Waals surface area contributed by atoms with Gasteiger partial charge in [0.25, 0.3) is 0 Å². The van der Waals surface area contributed by atoms with Crippen LogP contribution in [0.3, 0.4) is 0 Å². The van der Waals surface area contributed by atoms with Crippen LogP contribution in [0.25, 0.3) is 0 Å². The van der Waals surface area contributed by atoms with E-state index in [0.29, 0.717) is 39.3 Å². The molecule has 0 fully saturated rings. The third-order valence-corrected chi connectivity index (χ3v) is 7.74. The Morgan fingerprint density at radius 2 is 0.636 bits per heavy atom. The van der Waals surface area contributed by atoms with Crippen LogP contribution in [0.4, 0.5) is 0 Å². The summed E-state index contributed by atoms with van der Waals surface area (Å²) in [5.74, 6) is 0.913. The standard InChI is InChI=1S/C37H38N2O5/c1-26-18-31(24-38(20-27-10-2-6-14-33(27)40)21-28-11-3-7-15-34(28)41)37(44)32(19-26)25-39(22-29-12-4-8-16-35(29)42)23-30-13-5-9-17-36(30)43/h2-19,40-44H,20-25H2,1H3. The van der Waals surface area contributed by atoms with Gasteiger partial charge in [-0.3, -0.25) is 9.80 Å². The van der Waals surface area contributed by atoms with Gasteiger partial charge < -0.3 is 25.5 Å². The van der Waals surface area contributed by atoms with Crippen molar-refractivity contribution >= 4 is 0 Å². The van der Waals surface area contributed by atoms with Crippen molar-refractivity contribution in [2.24, 2.45) is 0 Å². The second-order valence-corrected chi connectivity index (χ2v) is 11.2. The third-order valence-electron chi connectivity index (χ3n) is 7.74. The van der Waals surface area contributed by atoms with E-state index < -0.39 is 0 Å². The Bertz CT molecular complexity index is 1500. The van der Waals surface area contributed by atoms with Crippen molar-refractivity contribution in [2.45, 2.75) is 46.2 Å². The molecule has 0 aliphatic carbocycles. The summed E-state index contributed by atoms with van der Waals surface area (Å²) in [5.41, 5.74) is 5.38. The number of rotatable bonds is 12. The van der Waals surface area contributed by atoms with E-state index in [-0.39, 0.29) is 28.7 Å². The van der Waals surface area contributed by atoms with E-state index in [9.17, 15) is 25.5 Å². The maximum absolute atomic E-state index is 11.6. The van der Waals surface area contributed by atoms with Crippen molar-refractivity contribution in [3.8, 4) is 28.7 Å². The van der Waals surface area contributed by atoms with Crippen LogP contribution in [0.1, 0.15) is 38.9 Å². The van der Waals surface area contributed by atoms with E-state index in [4.69, 9.17) is 0 Å². The number of nitrogens with zero attached hydrogens (tertiary/aromatic N) is 2. The molecular formula is C37H38N2O5. The molecule has 0 spiro atoms. The molecule has 44 heavy (non-hydrogen) atoms. The van der Waals surface area contributed by atoms with Gasteiger partial charge in [-0.1, -0.05) is 90.5 Å². The highest BCUT2D eigenvalue weighted by molar-refractivity contribution is 5.44. The third kappa shape index (κ3) is 7.69. The predicted octanol–water partition coefficient (Wildman–Crippen LogP) is 6.93. The molecule has 5 aromatic rings. The first kappa shape index (κ1) is 30.5. The molecule has 0 unspecified atom stereocenters. The fraction of sp³-hybridized carbons (Fsp3) is 0.189. The molecule has 5 N–H and O–H groups in total. The zero-order chi connectivity index (χ0) is 31.1. The lowest BCUT2D eigenvalue weighted by atomic mass is 10.0. The molecule has 0 saturated heterocycles. The molecule has 0 saturated carbocycles. The van der Waals surface area contributed by atoms with Crippen LogP contribution in [-0.4, -0.2) is 35.3 Å². The normalized spacial score (nSPS) is 11.3. The van der Waals surface area contributed by atoms with E-state index in [0.717, 1.165) is 38.9 Å². The molecular weight excluding hydrogens is 552 g/mol. The van der Waals surface area contributed by atoms with Crippen LogP contribution < -0.4 is 0 Å². The maximum atomic E-state index is 11.6. The monoisotopic (exact) mass is 590 g/mol. The van der Waals surface area contributed by atoms with E-state index >= 15 is 0 Å². The van der Waals surface area contributed by atoms with Gasteiger partial charge in [0, 0.05) is 72.6 Å². The number of aromatic hydroxyl groups is 5. The summed E-state index contributed by atoms with van der Waals surface area (Å²) in [6, 6.07) is 32.6. The number of hydrogen-bond acceptors (Lipinski definition) is 7. The summed E-state index contributed by atoms with van der Waals surface area (Å²) in [5, 5.41) is 53.7. The SMILES string of the molecule is Cc1cc(CN(Cc2ccccc2O)Cc2ccccc2O)c(O)c(CN(Cc2ccccc2O)Cc2ccccc2O)c1. The first-order chi connectivity index (χ1) is 21.3. The topological polar surface area (TPSA) is 108 Å². The van der Waals surface area contributed by atoms with Crippen LogP contribution in [0.5, 0.6) is 28.7 Å². The van der Waals surface area contributed by atoms with Crippen LogP contribution in [0, 0.1) is 6.92 Å². The van der Waals surface area contributed by atoms with Crippen molar-refractivity contribution in [1.29, 1.82) is 0 Å². The van der Waals surface area contributed by atoms with Gasteiger partial charge in [-0.25, -0.2) is 0 Å². The minimum Gasteiger partial charge on any atom is -0.508 e. The van der Waals surface area contributed by atoms with Gasteiger partial charge >= 0.3 is 0 Å². The van der Waals surface area contributed by atoms with Crippen LogP contribution in [-0.2, 0) is 39.3 Å². The number of phenolic OH excluding ortho intramolecular Hbond substituents is 5. The molecule has 0 aromatic heterocycles. The van der Waals surface area contributed by atoms with Crippen LogP contribution in [0.15, 0.2) is 109 Å². The van der Waals surface area contributed by atoms with E-state index in [1.165, 1.54) is 0 Å². The zero-order valence-corrected chi connectivity index (χ0v) is 24.8. The smallest absolute Gasteiger partial charge is 0.124 e. The van der Waals surface area contributed by atoms with E-state index in [2.05, 4.69) is 9.80 Å². The van der Waals surface area contributed by atoms with Gasteiger partial charge in [0.2, 0.25) is 0 Å². The fourth-order valence-electron chi connectivity index (χ4n) is 5.53. The summed E-state index contributed by atoms with van der Waals surface area (Å²) in [6.45, 7) is 4.31. The average Bonchev–Trinajstić information content (AvgIpc) is 3.00. The molecule has 0 amide bonds. The maximum Gasteiger partial charge on any atom is 0.124 e. The Morgan fingerprint density at radius 1 is 0.386 bits per heavy atom. The number of hydrogen-bond donors (Lipinski definition) is 5. The average molecular weight is 591 g/mol. The van der Waals surface area contributed by atoms with E-state index in [1.807, 2.05) is 67.6 Å². The number of aryl methyl sites for hydroxylation is 1. The van der Waals surface area contributed by atoms with Crippen molar-refractivity contribution < 1.29 is 25.5 Å². The second-order valence-electron chi connectivity index (χ2n) is 11.2. The van der Waals surface area contributed by atoms with Gasteiger partial charge in [-0.15, -0.1) is 0 Å². The van der Waals surface area contributed by atoms with Crippen molar-refractivity contribution in [3.63, 3.8) is 0 Å². The summed E-state index contributed by atoms with van der Waals surface area (Å²) >= 11 is 0. The van der Waals surface area contributed by atoms with Crippen molar-refractivity contribution in [2.75, 3.05) is 0 Å². The predicted molar refractivity (Wildman–Crippen MR) is 171 cm³/mol. The Hall–Kier alpha value is -4.98. The molecule has 5 rings (SSSR count). The van der Waals surface area contributed by atoms with Crippen LogP contribution >= 0.6 is 0 Å². The van der Waals surface area contributed by atoms with Gasteiger partial charge in [-0.2, -0.15) is 0 Å². The lowest BCUT2D eigenvalue weighted by Gasteiger charge is -2.27. The molecule has 0 aliphatic rings. The Labute approximate surface area is 258 Å². The highest BCUT2D eigenvalue weighted by Crippen LogP contribution is 2.32. The highest BCUT2D eigenvalue weighted by Gasteiger charge is 2.19. The molecule has 0 heterocycles. The molecule has 0 bridgehead atoms. The number of phenols is 5. The fourth-order valence-corrected chi connectivity index (χ4v) is 5.53. The molecule has 7 nitrogen and oxygen atoms in total. The summed E-state index contributed by atoms with van der Waals surface area (Å²) < 4.78 is 0. The van der Waals surface area contributed by atoms with Gasteiger partial charge in [0.1, 0.15) is 28.7 Å². The number of benzene rings is 5.